The maximum atomic E-state index is 13.9. The Morgan fingerprint density at radius 3 is 2.51 bits per heavy atom. The van der Waals surface area contributed by atoms with Crippen molar-refractivity contribution in [1.82, 2.24) is 4.72 Å². The Balaban J connectivity index is 1.82. The van der Waals surface area contributed by atoms with Crippen molar-refractivity contribution in [1.29, 1.82) is 0 Å². The molecule has 1 N–H and O–H groups in total. The maximum absolute atomic E-state index is 13.9. The predicted octanol–water partition coefficient (Wildman–Crippen LogP) is 6.40. The fourth-order valence-electron chi connectivity index (χ4n) is 6.24. The third-order valence-electron chi connectivity index (χ3n) is 8.87. The van der Waals surface area contributed by atoms with Crippen molar-refractivity contribution in [2.45, 2.75) is 86.0 Å². The highest BCUT2D eigenvalue weighted by molar-refractivity contribution is 7.89. The van der Waals surface area contributed by atoms with Crippen molar-refractivity contribution in [3.8, 4) is 11.5 Å². The lowest BCUT2D eigenvalue weighted by Gasteiger charge is -2.35. The van der Waals surface area contributed by atoms with Crippen LogP contribution in [-0.2, 0) is 14.8 Å². The normalized spacial score (nSPS) is 24.5. The Bertz CT molecular complexity index is 1080. The SMILES string of the molecule is CCCCOc1ccc(C=C2C(=O)C3(CS(=O)(=O)NCC(CC)CCCC)CCC2C3(C)C)cc1OC. The first kappa shape index (κ1) is 29.7. The Kier molecular flexibility index (Phi) is 9.90. The van der Waals surface area contributed by atoms with Crippen LogP contribution in [0.1, 0.15) is 91.5 Å². The fourth-order valence-corrected chi connectivity index (χ4v) is 8.13. The molecule has 0 spiro atoms. The highest BCUT2D eigenvalue weighted by atomic mass is 32.2. The minimum Gasteiger partial charge on any atom is -0.493 e. The molecule has 3 atom stereocenters. The molecule has 0 saturated heterocycles. The van der Waals surface area contributed by atoms with Crippen molar-refractivity contribution in [3.05, 3.63) is 29.3 Å². The van der Waals surface area contributed by atoms with Gasteiger partial charge in [0.2, 0.25) is 10.0 Å². The Labute approximate surface area is 224 Å². The number of hydrogen-bond acceptors (Lipinski definition) is 5. The molecule has 2 aliphatic carbocycles. The summed E-state index contributed by atoms with van der Waals surface area (Å²) in [5, 5.41) is 0. The van der Waals surface area contributed by atoms with Crippen molar-refractivity contribution >= 4 is 21.9 Å². The smallest absolute Gasteiger partial charge is 0.212 e. The van der Waals surface area contributed by atoms with Crippen LogP contribution in [0.15, 0.2) is 23.8 Å². The van der Waals surface area contributed by atoms with E-state index in [1.165, 1.54) is 0 Å². The van der Waals surface area contributed by atoms with E-state index in [4.69, 9.17) is 9.47 Å². The number of ether oxygens (including phenoxy) is 2. The molecule has 37 heavy (non-hydrogen) atoms. The Hall–Kier alpha value is -1.86. The third kappa shape index (κ3) is 6.25. The summed E-state index contributed by atoms with van der Waals surface area (Å²) in [5.41, 5.74) is 0.282. The average molecular weight is 534 g/mol. The van der Waals surface area contributed by atoms with Crippen LogP contribution in [0.5, 0.6) is 11.5 Å². The topological polar surface area (TPSA) is 81.7 Å². The first-order chi connectivity index (χ1) is 17.5. The zero-order valence-corrected chi connectivity index (χ0v) is 24.5. The van der Waals surface area contributed by atoms with E-state index in [9.17, 15) is 13.2 Å². The number of carbonyl (C=O) groups is 1. The van der Waals surface area contributed by atoms with E-state index >= 15 is 0 Å². The van der Waals surface area contributed by atoms with Gasteiger partial charge in [-0.15, -0.1) is 0 Å². The number of ketones is 1. The molecule has 3 unspecified atom stereocenters. The lowest BCUT2D eigenvalue weighted by atomic mass is 9.70. The van der Waals surface area contributed by atoms with E-state index in [0.29, 0.717) is 37.0 Å². The van der Waals surface area contributed by atoms with Gasteiger partial charge in [0.25, 0.3) is 0 Å². The third-order valence-corrected chi connectivity index (χ3v) is 10.4. The number of benzene rings is 1. The van der Waals surface area contributed by atoms with Crippen LogP contribution < -0.4 is 14.2 Å². The number of Topliss-reactive ketones (excluding diaryl/α,β-unsaturated/α-hetero) is 1. The molecule has 1 aromatic rings. The molecule has 2 bridgehead atoms. The molecule has 1 aromatic carbocycles. The first-order valence-electron chi connectivity index (χ1n) is 14.1. The second-order valence-electron chi connectivity index (χ2n) is 11.5. The van der Waals surface area contributed by atoms with Gasteiger partial charge < -0.3 is 9.47 Å². The van der Waals surface area contributed by atoms with Crippen molar-refractivity contribution in [2.75, 3.05) is 26.0 Å². The summed E-state index contributed by atoms with van der Waals surface area (Å²) in [7, 11) is -1.99. The summed E-state index contributed by atoms with van der Waals surface area (Å²) in [6.45, 7) is 11.6. The van der Waals surface area contributed by atoms with E-state index in [-0.39, 0.29) is 17.5 Å². The quantitative estimate of drug-likeness (QED) is 0.208. The minimum absolute atomic E-state index is 0.0145. The molecule has 2 saturated carbocycles. The number of rotatable bonds is 15. The van der Waals surface area contributed by atoms with Crippen LogP contribution in [0.25, 0.3) is 6.08 Å². The number of carbonyl (C=O) groups excluding carboxylic acids is 1. The van der Waals surface area contributed by atoms with Crippen LogP contribution in [-0.4, -0.2) is 40.2 Å². The van der Waals surface area contributed by atoms with Crippen LogP contribution >= 0.6 is 0 Å². The second-order valence-corrected chi connectivity index (χ2v) is 13.3. The fraction of sp³-hybridized carbons (Fsp3) is 0.700. The highest BCUT2D eigenvalue weighted by Gasteiger charge is 2.67. The molecule has 0 amide bonds. The lowest BCUT2D eigenvalue weighted by molar-refractivity contribution is -0.125. The van der Waals surface area contributed by atoms with E-state index in [1.54, 1.807) is 7.11 Å². The molecule has 7 heteroatoms. The molecule has 0 aromatic heterocycles. The number of nitrogens with one attached hydrogen (secondary N) is 1. The number of hydrogen-bond donors (Lipinski definition) is 1. The maximum Gasteiger partial charge on any atom is 0.212 e. The summed E-state index contributed by atoms with van der Waals surface area (Å²) >= 11 is 0. The number of sulfonamides is 1. The number of fused-ring (bicyclic) bond motifs is 2. The molecule has 2 fully saturated rings. The lowest BCUT2D eigenvalue weighted by Crippen LogP contribution is -2.46. The second kappa shape index (κ2) is 12.3. The van der Waals surface area contributed by atoms with Crippen LogP contribution in [0.4, 0.5) is 0 Å². The van der Waals surface area contributed by atoms with E-state index < -0.39 is 20.9 Å². The molecule has 6 nitrogen and oxygen atoms in total. The molecule has 0 heterocycles. The molecule has 0 aliphatic heterocycles. The van der Waals surface area contributed by atoms with E-state index in [0.717, 1.165) is 56.1 Å². The van der Waals surface area contributed by atoms with Gasteiger partial charge in [0.1, 0.15) is 0 Å². The van der Waals surface area contributed by atoms with Crippen molar-refractivity contribution in [3.63, 3.8) is 0 Å². The molecule has 0 radical (unpaired) electrons. The summed E-state index contributed by atoms with van der Waals surface area (Å²) < 4.78 is 40.8. The van der Waals surface area contributed by atoms with Gasteiger partial charge in [-0.1, -0.05) is 66.4 Å². The van der Waals surface area contributed by atoms with Gasteiger partial charge in [0.15, 0.2) is 17.3 Å². The number of unbranched alkanes of at least 4 members (excludes halogenated alkanes) is 2. The van der Waals surface area contributed by atoms with Gasteiger partial charge in [-0.2, -0.15) is 0 Å². The van der Waals surface area contributed by atoms with Crippen LogP contribution in [0.2, 0.25) is 0 Å². The standard InChI is InChI=1S/C30H47NO5S/c1-7-10-12-22(9-3)20-31-37(33,34)21-30-16-15-25(29(30,4)5)24(28(30)32)18-23-13-14-26(27(19-23)35-6)36-17-11-8-2/h13-14,18-19,22,25,31H,7-12,15-17,20-21H2,1-6H3. The average Bonchev–Trinajstić information content (AvgIpc) is 3.19. The number of methoxy groups -OCH3 is 1. The van der Waals surface area contributed by atoms with Gasteiger partial charge in [0, 0.05) is 12.1 Å². The van der Waals surface area contributed by atoms with Crippen LogP contribution in [0, 0.1) is 22.7 Å². The zero-order chi connectivity index (χ0) is 27.3. The van der Waals surface area contributed by atoms with Crippen molar-refractivity contribution < 1.29 is 22.7 Å². The van der Waals surface area contributed by atoms with Gasteiger partial charge in [-0.3, -0.25) is 4.79 Å². The summed E-state index contributed by atoms with van der Waals surface area (Å²) in [6.07, 6.45) is 9.56. The molecule has 3 rings (SSSR count). The highest BCUT2D eigenvalue weighted by Crippen LogP contribution is 2.66. The van der Waals surface area contributed by atoms with Gasteiger partial charge in [-0.25, -0.2) is 13.1 Å². The molecular formula is C30H47NO5S. The molecule has 208 valence electrons. The van der Waals surface area contributed by atoms with Gasteiger partial charge in [-0.05, 0) is 66.7 Å². The van der Waals surface area contributed by atoms with Crippen molar-refractivity contribution in [2.24, 2.45) is 22.7 Å². The van der Waals surface area contributed by atoms with Gasteiger partial charge in [0.05, 0.1) is 24.9 Å². The van der Waals surface area contributed by atoms with Crippen LogP contribution in [0.3, 0.4) is 0 Å². The Morgan fingerprint density at radius 2 is 1.86 bits per heavy atom. The predicted molar refractivity (Wildman–Crippen MR) is 150 cm³/mol. The monoisotopic (exact) mass is 533 g/mol. The molecule has 2 aliphatic rings. The largest absolute Gasteiger partial charge is 0.493 e. The zero-order valence-electron chi connectivity index (χ0n) is 23.7. The summed E-state index contributed by atoms with van der Waals surface area (Å²) in [6, 6.07) is 5.72. The molecular weight excluding hydrogens is 486 g/mol. The number of allylic oxidation sites excluding steroid dienone is 1. The summed E-state index contributed by atoms with van der Waals surface area (Å²) in [4.78, 5) is 13.9. The van der Waals surface area contributed by atoms with E-state index in [1.807, 2.05) is 24.3 Å². The summed E-state index contributed by atoms with van der Waals surface area (Å²) in [5.74, 6) is 1.53. The first-order valence-corrected chi connectivity index (χ1v) is 15.7. The van der Waals surface area contributed by atoms with Gasteiger partial charge >= 0.3 is 0 Å². The van der Waals surface area contributed by atoms with E-state index in [2.05, 4.69) is 39.3 Å². The Morgan fingerprint density at radius 1 is 1.14 bits per heavy atom. The minimum atomic E-state index is -3.60.